The molecule has 2 aromatic carbocycles. The van der Waals surface area contributed by atoms with Crippen molar-refractivity contribution in [2.75, 3.05) is 31.2 Å². The minimum absolute atomic E-state index is 0.0805. The van der Waals surface area contributed by atoms with E-state index in [1.165, 1.54) is 5.69 Å². The molecule has 0 saturated carbocycles. The van der Waals surface area contributed by atoms with Gasteiger partial charge in [0.1, 0.15) is 5.75 Å². The highest BCUT2D eigenvalue weighted by Crippen LogP contribution is 2.20. The van der Waals surface area contributed by atoms with Crippen molar-refractivity contribution in [3.8, 4) is 5.75 Å². The Balaban J connectivity index is 1.55. The molecule has 0 aromatic heterocycles. The van der Waals surface area contributed by atoms with E-state index in [2.05, 4.69) is 34.5 Å². The number of amides is 1. The molecule has 1 heterocycles. The second-order valence-corrected chi connectivity index (χ2v) is 6.49. The van der Waals surface area contributed by atoms with Crippen molar-refractivity contribution in [1.82, 2.24) is 5.32 Å². The van der Waals surface area contributed by atoms with Gasteiger partial charge in [-0.2, -0.15) is 0 Å². The fraction of sp³-hybridized carbons (Fsp3) is 0.381. The number of para-hydroxylation sites is 1. The summed E-state index contributed by atoms with van der Waals surface area (Å²) in [5.41, 5.74) is 2.26. The van der Waals surface area contributed by atoms with Crippen molar-refractivity contribution in [3.63, 3.8) is 0 Å². The van der Waals surface area contributed by atoms with Gasteiger partial charge in [0.2, 0.25) is 0 Å². The van der Waals surface area contributed by atoms with Crippen molar-refractivity contribution < 1.29 is 14.3 Å². The summed E-state index contributed by atoms with van der Waals surface area (Å²) in [4.78, 5) is 14.7. The highest BCUT2D eigenvalue weighted by Gasteiger charge is 2.18. The van der Waals surface area contributed by atoms with Crippen LogP contribution in [0.1, 0.15) is 25.5 Å². The zero-order valence-electron chi connectivity index (χ0n) is 15.4. The van der Waals surface area contributed by atoms with E-state index in [0.29, 0.717) is 5.75 Å². The molecule has 138 valence electrons. The number of hydrogen-bond acceptors (Lipinski definition) is 4. The smallest absolute Gasteiger partial charge is 0.261 e. The van der Waals surface area contributed by atoms with Crippen molar-refractivity contribution in [2.24, 2.45) is 0 Å². The van der Waals surface area contributed by atoms with E-state index >= 15 is 0 Å². The van der Waals surface area contributed by atoms with Gasteiger partial charge in [-0.25, -0.2) is 0 Å². The maximum Gasteiger partial charge on any atom is 0.261 e. The molecule has 1 fully saturated rings. The number of nitrogens with zero attached hydrogens (tertiary/aromatic N) is 1. The number of nitrogens with one attached hydrogen (secondary N) is 1. The van der Waals surface area contributed by atoms with E-state index in [4.69, 9.17) is 9.47 Å². The minimum atomic E-state index is -0.549. The Kier molecular flexibility index (Phi) is 6.12. The highest BCUT2D eigenvalue weighted by atomic mass is 16.5. The van der Waals surface area contributed by atoms with Crippen LogP contribution in [-0.2, 0) is 9.53 Å². The molecule has 0 radical (unpaired) electrons. The first-order valence-corrected chi connectivity index (χ1v) is 9.08. The molecule has 0 spiro atoms. The summed E-state index contributed by atoms with van der Waals surface area (Å²) >= 11 is 0. The number of rotatable bonds is 6. The lowest BCUT2D eigenvalue weighted by Crippen LogP contribution is -2.38. The number of anilines is 1. The lowest BCUT2D eigenvalue weighted by atomic mass is 10.1. The van der Waals surface area contributed by atoms with Gasteiger partial charge in [0.25, 0.3) is 5.91 Å². The number of ether oxygens (including phenoxy) is 2. The first-order valence-electron chi connectivity index (χ1n) is 9.08. The van der Waals surface area contributed by atoms with Crippen molar-refractivity contribution >= 4 is 11.6 Å². The predicted octanol–water partition coefficient (Wildman–Crippen LogP) is 3.17. The van der Waals surface area contributed by atoms with E-state index < -0.39 is 6.10 Å². The van der Waals surface area contributed by atoms with E-state index in [1.807, 2.05) is 37.3 Å². The van der Waals surface area contributed by atoms with Crippen LogP contribution in [0.3, 0.4) is 0 Å². The van der Waals surface area contributed by atoms with Crippen LogP contribution in [-0.4, -0.2) is 38.3 Å². The van der Waals surface area contributed by atoms with Crippen molar-refractivity contribution in [1.29, 1.82) is 0 Å². The van der Waals surface area contributed by atoms with Gasteiger partial charge in [-0.15, -0.1) is 0 Å². The summed E-state index contributed by atoms with van der Waals surface area (Å²) in [5, 5.41) is 3.02. The van der Waals surface area contributed by atoms with E-state index in [-0.39, 0.29) is 11.9 Å². The first-order chi connectivity index (χ1) is 12.6. The van der Waals surface area contributed by atoms with Gasteiger partial charge < -0.3 is 19.7 Å². The molecular formula is C21H26N2O3. The fourth-order valence-electron chi connectivity index (χ4n) is 2.97. The standard InChI is InChI=1S/C21H26N2O3/c1-16(22-21(24)17(2)26-20-6-4-3-5-7-20)18-8-10-19(11-9-18)23-12-14-25-15-13-23/h3-11,16-17H,12-15H2,1-2H3,(H,22,24)/t16-,17+/m0/s1. The van der Waals surface area contributed by atoms with Gasteiger partial charge in [-0.05, 0) is 43.7 Å². The maximum absolute atomic E-state index is 12.4. The fourth-order valence-corrected chi connectivity index (χ4v) is 2.97. The molecule has 1 amide bonds. The van der Waals surface area contributed by atoms with Crippen LogP contribution in [0.5, 0.6) is 5.75 Å². The third-order valence-corrected chi connectivity index (χ3v) is 4.55. The lowest BCUT2D eigenvalue weighted by molar-refractivity contribution is -0.127. The summed E-state index contributed by atoms with van der Waals surface area (Å²) in [6.07, 6.45) is -0.549. The van der Waals surface area contributed by atoms with Crippen LogP contribution >= 0.6 is 0 Å². The van der Waals surface area contributed by atoms with E-state index in [0.717, 1.165) is 31.9 Å². The Bertz CT molecular complexity index is 697. The number of benzene rings is 2. The van der Waals surface area contributed by atoms with Gasteiger partial charge in [0, 0.05) is 18.8 Å². The summed E-state index contributed by atoms with van der Waals surface area (Å²) < 4.78 is 11.1. The summed E-state index contributed by atoms with van der Waals surface area (Å²) in [7, 11) is 0. The second kappa shape index (κ2) is 8.72. The van der Waals surface area contributed by atoms with Gasteiger partial charge in [0.05, 0.1) is 19.3 Å². The molecule has 26 heavy (non-hydrogen) atoms. The normalized spacial score (nSPS) is 16.6. The Morgan fingerprint density at radius 3 is 2.35 bits per heavy atom. The molecule has 1 saturated heterocycles. The molecule has 1 N–H and O–H groups in total. The van der Waals surface area contributed by atoms with Crippen molar-refractivity contribution in [2.45, 2.75) is 26.0 Å². The number of carbonyl (C=O) groups excluding carboxylic acids is 1. The van der Waals surface area contributed by atoms with E-state index in [1.54, 1.807) is 6.92 Å². The quantitative estimate of drug-likeness (QED) is 0.866. The third-order valence-electron chi connectivity index (χ3n) is 4.55. The first kappa shape index (κ1) is 18.3. The van der Waals surface area contributed by atoms with Crippen LogP contribution in [0, 0.1) is 0 Å². The molecule has 1 aliphatic heterocycles. The maximum atomic E-state index is 12.4. The molecule has 2 atom stereocenters. The summed E-state index contributed by atoms with van der Waals surface area (Å²) in [5.74, 6) is 0.566. The molecule has 0 bridgehead atoms. The number of carbonyl (C=O) groups is 1. The second-order valence-electron chi connectivity index (χ2n) is 6.49. The molecule has 0 unspecified atom stereocenters. The molecule has 5 heteroatoms. The Morgan fingerprint density at radius 1 is 1.04 bits per heavy atom. The molecule has 5 nitrogen and oxygen atoms in total. The molecule has 2 aromatic rings. The van der Waals surface area contributed by atoms with Gasteiger partial charge >= 0.3 is 0 Å². The largest absolute Gasteiger partial charge is 0.481 e. The molecule has 0 aliphatic carbocycles. The third kappa shape index (κ3) is 4.76. The summed E-state index contributed by atoms with van der Waals surface area (Å²) in [6.45, 7) is 7.12. The Hall–Kier alpha value is -2.53. The molecule has 3 rings (SSSR count). The zero-order valence-corrected chi connectivity index (χ0v) is 15.4. The highest BCUT2D eigenvalue weighted by molar-refractivity contribution is 5.81. The van der Waals surface area contributed by atoms with Gasteiger partial charge in [-0.3, -0.25) is 4.79 Å². The van der Waals surface area contributed by atoms with Gasteiger partial charge in [0.15, 0.2) is 6.10 Å². The van der Waals surface area contributed by atoms with Crippen LogP contribution in [0.15, 0.2) is 54.6 Å². The SMILES string of the molecule is C[C@H](NC(=O)[C@@H](C)Oc1ccccc1)c1ccc(N2CCOCC2)cc1. The minimum Gasteiger partial charge on any atom is -0.481 e. The van der Waals surface area contributed by atoms with Crippen LogP contribution in [0.25, 0.3) is 0 Å². The van der Waals surface area contributed by atoms with E-state index in [9.17, 15) is 4.79 Å². The molecular weight excluding hydrogens is 328 g/mol. The van der Waals surface area contributed by atoms with Crippen LogP contribution < -0.4 is 15.0 Å². The van der Waals surface area contributed by atoms with Crippen LogP contribution in [0.4, 0.5) is 5.69 Å². The topological polar surface area (TPSA) is 50.8 Å². The average molecular weight is 354 g/mol. The summed E-state index contributed by atoms with van der Waals surface area (Å²) in [6, 6.07) is 17.6. The Labute approximate surface area is 154 Å². The Morgan fingerprint density at radius 2 is 1.69 bits per heavy atom. The van der Waals surface area contributed by atoms with Crippen LogP contribution in [0.2, 0.25) is 0 Å². The number of morpholine rings is 1. The lowest BCUT2D eigenvalue weighted by Gasteiger charge is -2.29. The monoisotopic (exact) mass is 354 g/mol. The predicted molar refractivity (Wildman–Crippen MR) is 103 cm³/mol. The number of hydrogen-bond donors (Lipinski definition) is 1. The van der Waals surface area contributed by atoms with Gasteiger partial charge in [-0.1, -0.05) is 30.3 Å². The average Bonchev–Trinajstić information content (AvgIpc) is 2.69. The van der Waals surface area contributed by atoms with Crippen molar-refractivity contribution in [3.05, 3.63) is 60.2 Å². The zero-order chi connectivity index (χ0) is 18.4. The molecule has 1 aliphatic rings.